The maximum absolute atomic E-state index is 12.5. The third kappa shape index (κ3) is 2.78. The first-order valence-electron chi connectivity index (χ1n) is 4.54. The molecular weight excluding hydrogens is 269 g/mol. The summed E-state index contributed by atoms with van der Waals surface area (Å²) in [5.41, 5.74) is -0.450. The Bertz CT molecular complexity index is 522. The van der Waals surface area contributed by atoms with Crippen LogP contribution in [0.15, 0.2) is 28.7 Å². The Morgan fingerprint density at radius 1 is 1.29 bits per heavy atom. The van der Waals surface area contributed by atoms with Gasteiger partial charge >= 0.3 is 6.18 Å². The standard InChI is InChI=1S/C10H7F3N2S2/c1-16-8-5-15-9(17-8)7-4-6(2-3-14-7)10(11,12)13/h2-5H,1H3. The van der Waals surface area contributed by atoms with Crippen LogP contribution in [0, 0.1) is 0 Å². The normalized spacial score (nSPS) is 11.8. The smallest absolute Gasteiger partial charge is 0.254 e. The van der Waals surface area contributed by atoms with Crippen molar-refractivity contribution in [1.29, 1.82) is 0 Å². The van der Waals surface area contributed by atoms with Crippen molar-refractivity contribution in [3.8, 4) is 10.7 Å². The molecule has 0 aromatic carbocycles. The second-order valence-corrected chi connectivity index (χ2v) is 5.25. The largest absolute Gasteiger partial charge is 0.416 e. The van der Waals surface area contributed by atoms with Gasteiger partial charge in [-0.25, -0.2) is 4.98 Å². The average molecular weight is 276 g/mol. The summed E-state index contributed by atoms with van der Waals surface area (Å²) in [5, 5.41) is 0.500. The molecule has 17 heavy (non-hydrogen) atoms. The number of alkyl halides is 3. The molecule has 2 aromatic rings. The van der Waals surface area contributed by atoms with Gasteiger partial charge in [-0.1, -0.05) is 0 Å². The van der Waals surface area contributed by atoms with Crippen molar-refractivity contribution in [2.24, 2.45) is 0 Å². The minimum absolute atomic E-state index is 0.255. The van der Waals surface area contributed by atoms with Crippen LogP contribution < -0.4 is 0 Å². The van der Waals surface area contributed by atoms with E-state index in [4.69, 9.17) is 0 Å². The molecule has 0 spiro atoms. The Morgan fingerprint density at radius 2 is 2.06 bits per heavy atom. The number of rotatable bonds is 2. The molecule has 0 aliphatic heterocycles. The molecule has 0 saturated heterocycles. The molecule has 0 atom stereocenters. The molecule has 2 heterocycles. The van der Waals surface area contributed by atoms with Gasteiger partial charge in [0, 0.05) is 6.20 Å². The van der Waals surface area contributed by atoms with Gasteiger partial charge in [0.25, 0.3) is 0 Å². The molecule has 0 aliphatic carbocycles. The van der Waals surface area contributed by atoms with E-state index in [1.165, 1.54) is 23.1 Å². The Hall–Kier alpha value is -1.08. The molecule has 0 saturated carbocycles. The molecule has 2 aromatic heterocycles. The number of thiazole rings is 1. The lowest BCUT2D eigenvalue weighted by Crippen LogP contribution is -2.05. The fourth-order valence-electron chi connectivity index (χ4n) is 1.20. The number of hydrogen-bond donors (Lipinski definition) is 0. The average Bonchev–Trinajstić information content (AvgIpc) is 2.76. The lowest BCUT2D eigenvalue weighted by atomic mass is 10.2. The van der Waals surface area contributed by atoms with E-state index >= 15 is 0 Å². The van der Waals surface area contributed by atoms with Gasteiger partial charge in [-0.15, -0.1) is 23.1 Å². The Balaban J connectivity index is 2.39. The van der Waals surface area contributed by atoms with Crippen molar-refractivity contribution in [3.63, 3.8) is 0 Å². The van der Waals surface area contributed by atoms with Crippen LogP contribution in [0.2, 0.25) is 0 Å². The number of halogens is 3. The summed E-state index contributed by atoms with van der Waals surface area (Å²) in [6.07, 6.45) is 0.319. The number of hydrogen-bond acceptors (Lipinski definition) is 4. The zero-order valence-electron chi connectivity index (χ0n) is 8.65. The van der Waals surface area contributed by atoms with E-state index < -0.39 is 11.7 Å². The minimum atomic E-state index is -4.35. The molecule has 0 aliphatic rings. The van der Waals surface area contributed by atoms with Gasteiger partial charge in [0.1, 0.15) is 5.01 Å². The van der Waals surface area contributed by atoms with Crippen LogP contribution in [0.4, 0.5) is 13.2 Å². The van der Waals surface area contributed by atoms with Crippen LogP contribution in [-0.2, 0) is 6.18 Å². The molecule has 2 nitrogen and oxygen atoms in total. The zero-order valence-corrected chi connectivity index (χ0v) is 10.3. The minimum Gasteiger partial charge on any atom is -0.254 e. The first-order chi connectivity index (χ1) is 8.00. The summed E-state index contributed by atoms with van der Waals surface area (Å²) in [5.74, 6) is 0. The SMILES string of the molecule is CSc1cnc(-c2cc(C(F)(F)F)ccn2)s1. The second kappa shape index (κ2) is 4.66. The number of aromatic nitrogens is 2. The molecule has 0 bridgehead atoms. The molecular formula is C10H7F3N2S2. The van der Waals surface area contributed by atoms with Gasteiger partial charge in [-0.05, 0) is 18.4 Å². The maximum Gasteiger partial charge on any atom is 0.416 e. The molecule has 2 rings (SSSR count). The first-order valence-corrected chi connectivity index (χ1v) is 6.58. The van der Waals surface area contributed by atoms with Crippen LogP contribution in [0.3, 0.4) is 0 Å². The third-order valence-corrected chi connectivity index (χ3v) is 4.06. The fraction of sp³-hybridized carbons (Fsp3) is 0.200. The quantitative estimate of drug-likeness (QED) is 0.777. The van der Waals surface area contributed by atoms with Gasteiger partial charge in [-0.3, -0.25) is 4.98 Å². The van der Waals surface area contributed by atoms with E-state index in [0.717, 1.165) is 22.5 Å². The van der Waals surface area contributed by atoms with Gasteiger partial charge in [0.15, 0.2) is 0 Å². The maximum atomic E-state index is 12.5. The van der Waals surface area contributed by atoms with Gasteiger partial charge in [-0.2, -0.15) is 13.2 Å². The van der Waals surface area contributed by atoms with E-state index in [1.807, 2.05) is 6.26 Å². The molecule has 0 unspecified atom stereocenters. The van der Waals surface area contributed by atoms with Crippen molar-refractivity contribution in [2.45, 2.75) is 10.4 Å². The Labute approximate surface area is 104 Å². The first kappa shape index (κ1) is 12.4. The lowest BCUT2D eigenvalue weighted by molar-refractivity contribution is -0.137. The van der Waals surface area contributed by atoms with Crippen molar-refractivity contribution < 1.29 is 13.2 Å². The predicted octanol–water partition coefficient (Wildman–Crippen LogP) is 3.95. The summed E-state index contributed by atoms with van der Waals surface area (Å²) < 4.78 is 38.5. The van der Waals surface area contributed by atoms with Crippen LogP contribution in [0.1, 0.15) is 5.56 Å². The highest BCUT2D eigenvalue weighted by Crippen LogP contribution is 2.33. The van der Waals surface area contributed by atoms with E-state index in [1.54, 1.807) is 6.20 Å². The van der Waals surface area contributed by atoms with E-state index in [2.05, 4.69) is 9.97 Å². The number of pyridine rings is 1. The molecule has 0 amide bonds. The van der Waals surface area contributed by atoms with Crippen molar-refractivity contribution in [2.75, 3.05) is 6.26 Å². The monoisotopic (exact) mass is 276 g/mol. The molecule has 7 heteroatoms. The number of nitrogens with zero attached hydrogens (tertiary/aromatic N) is 2. The highest BCUT2D eigenvalue weighted by atomic mass is 32.2. The van der Waals surface area contributed by atoms with Gasteiger partial charge < -0.3 is 0 Å². The van der Waals surface area contributed by atoms with Crippen molar-refractivity contribution >= 4 is 23.1 Å². The molecule has 90 valence electrons. The lowest BCUT2D eigenvalue weighted by Gasteiger charge is -2.06. The summed E-state index contributed by atoms with van der Waals surface area (Å²) in [6.45, 7) is 0. The van der Waals surface area contributed by atoms with E-state index in [0.29, 0.717) is 5.01 Å². The molecule has 0 fully saturated rings. The van der Waals surface area contributed by atoms with Crippen LogP contribution in [0.25, 0.3) is 10.7 Å². The van der Waals surface area contributed by atoms with E-state index in [-0.39, 0.29) is 5.69 Å². The van der Waals surface area contributed by atoms with Gasteiger partial charge in [0.05, 0.1) is 21.7 Å². The fourth-order valence-corrected chi connectivity index (χ4v) is 2.54. The Morgan fingerprint density at radius 3 is 2.65 bits per heavy atom. The highest BCUT2D eigenvalue weighted by Gasteiger charge is 2.30. The third-order valence-electron chi connectivity index (χ3n) is 1.99. The molecule has 0 radical (unpaired) electrons. The summed E-state index contributed by atoms with van der Waals surface area (Å²) in [4.78, 5) is 7.96. The van der Waals surface area contributed by atoms with Crippen LogP contribution in [-0.4, -0.2) is 16.2 Å². The summed E-state index contributed by atoms with van der Waals surface area (Å²) >= 11 is 2.83. The van der Waals surface area contributed by atoms with Crippen LogP contribution >= 0.6 is 23.1 Å². The second-order valence-electron chi connectivity index (χ2n) is 3.12. The van der Waals surface area contributed by atoms with E-state index in [9.17, 15) is 13.2 Å². The van der Waals surface area contributed by atoms with Crippen LogP contribution in [0.5, 0.6) is 0 Å². The zero-order chi connectivity index (χ0) is 12.5. The topological polar surface area (TPSA) is 25.8 Å². The summed E-state index contributed by atoms with van der Waals surface area (Å²) in [6, 6.07) is 1.97. The van der Waals surface area contributed by atoms with Gasteiger partial charge in [0.2, 0.25) is 0 Å². The highest BCUT2D eigenvalue weighted by molar-refractivity contribution is 8.00. The van der Waals surface area contributed by atoms with Crippen molar-refractivity contribution in [1.82, 2.24) is 9.97 Å². The summed E-state index contributed by atoms with van der Waals surface area (Å²) in [7, 11) is 0. The Kier molecular flexibility index (Phi) is 3.39. The predicted molar refractivity (Wildman–Crippen MR) is 62.1 cm³/mol. The number of thioether (sulfide) groups is 1. The molecule has 0 N–H and O–H groups in total. The van der Waals surface area contributed by atoms with Crippen molar-refractivity contribution in [3.05, 3.63) is 30.1 Å².